The van der Waals surface area contributed by atoms with Crippen LogP contribution in [0.3, 0.4) is 0 Å². The molecule has 0 bridgehead atoms. The van der Waals surface area contributed by atoms with Crippen molar-refractivity contribution in [1.82, 2.24) is 0 Å². The van der Waals surface area contributed by atoms with Gasteiger partial charge in [-0.25, -0.2) is 0 Å². The molecule has 0 radical (unpaired) electrons. The first kappa shape index (κ1) is 18.1. The van der Waals surface area contributed by atoms with E-state index in [0.29, 0.717) is 11.8 Å². The predicted molar refractivity (Wildman–Crippen MR) is 105 cm³/mol. The Morgan fingerprint density at radius 2 is 2.12 bits per heavy atom. The Balaban J connectivity index is 2.23. The van der Waals surface area contributed by atoms with Gasteiger partial charge in [0.1, 0.15) is 18.8 Å². The van der Waals surface area contributed by atoms with Gasteiger partial charge in [0.2, 0.25) is 0 Å². The van der Waals surface area contributed by atoms with Gasteiger partial charge in [0.05, 0.1) is 20.7 Å². The third kappa shape index (κ3) is 3.00. The number of rotatable bonds is 2. The van der Waals surface area contributed by atoms with Gasteiger partial charge in [-0.05, 0) is 54.4 Å². The molecule has 0 aromatic heterocycles. The van der Waals surface area contributed by atoms with Gasteiger partial charge in [-0.3, -0.25) is 0 Å². The molecule has 1 heterocycles. The molecule has 0 saturated heterocycles. The Kier molecular flexibility index (Phi) is 4.73. The number of nitrogens with zero attached hydrogens (tertiary/aromatic N) is 1. The van der Waals surface area contributed by atoms with Gasteiger partial charge >= 0.3 is 0 Å². The molecule has 0 N–H and O–H groups in total. The fraction of sp³-hybridized carbons (Fsp3) is 0.565. The molecule has 2 aliphatic rings. The average Bonchev–Trinajstić information content (AvgIpc) is 2.68. The number of hydrogen-bond acceptors (Lipinski definition) is 1. The van der Waals surface area contributed by atoms with Crippen LogP contribution >= 0.6 is 0 Å². The van der Waals surface area contributed by atoms with E-state index in [0.717, 1.165) is 36.3 Å². The number of hydrogen-bond donors (Lipinski definition) is 0. The fourth-order valence-electron chi connectivity index (χ4n) is 5.18. The van der Waals surface area contributed by atoms with Crippen LogP contribution in [-0.2, 0) is 12.0 Å². The summed E-state index contributed by atoms with van der Waals surface area (Å²) in [7, 11) is 4.08. The molecule has 134 valence electrons. The normalized spacial score (nSPS) is 34.2. The lowest BCUT2D eigenvalue weighted by molar-refractivity contribution is -0.915. The second kappa shape index (κ2) is 6.54. The van der Waals surface area contributed by atoms with Crippen molar-refractivity contribution in [3.05, 3.63) is 41.0 Å². The van der Waals surface area contributed by atoms with Crippen LogP contribution in [0.25, 0.3) is 0 Å². The number of terminal acetylenes is 1. The van der Waals surface area contributed by atoms with E-state index in [1.807, 2.05) is 0 Å². The first-order valence-electron chi connectivity index (χ1n) is 9.48. The molecule has 4 atom stereocenters. The van der Waals surface area contributed by atoms with Crippen LogP contribution in [0.2, 0.25) is 0 Å². The van der Waals surface area contributed by atoms with Crippen molar-refractivity contribution in [2.24, 2.45) is 11.8 Å². The first-order chi connectivity index (χ1) is 11.8. The third-order valence-corrected chi connectivity index (χ3v) is 6.60. The average molecular weight is 339 g/mol. The zero-order chi connectivity index (χ0) is 18.2. The lowest BCUT2D eigenvalue weighted by atomic mass is 9.61. The minimum absolute atomic E-state index is 0.102. The van der Waals surface area contributed by atoms with Crippen LogP contribution in [-0.4, -0.2) is 31.7 Å². The maximum Gasteiger partial charge on any atom is 0.140 e. The highest BCUT2D eigenvalue weighted by atomic mass is 16.5. The number of fused-ring (bicyclic) bond motifs is 2. The van der Waals surface area contributed by atoms with Crippen molar-refractivity contribution in [2.45, 2.75) is 45.6 Å². The van der Waals surface area contributed by atoms with Gasteiger partial charge < -0.3 is 9.22 Å². The maximum atomic E-state index is 5.71. The van der Waals surface area contributed by atoms with Crippen molar-refractivity contribution in [3.63, 3.8) is 0 Å². The second-order valence-electron chi connectivity index (χ2n) is 8.55. The second-order valence-corrected chi connectivity index (χ2v) is 8.55. The summed E-state index contributed by atoms with van der Waals surface area (Å²) in [4.78, 5) is 0. The fourth-order valence-corrected chi connectivity index (χ4v) is 5.18. The summed E-state index contributed by atoms with van der Waals surface area (Å²) < 4.78 is 6.60. The van der Waals surface area contributed by atoms with E-state index in [4.69, 9.17) is 11.2 Å². The van der Waals surface area contributed by atoms with Gasteiger partial charge in [0, 0.05) is 17.4 Å². The highest BCUT2D eigenvalue weighted by Crippen LogP contribution is 2.50. The third-order valence-electron chi connectivity index (χ3n) is 6.60. The van der Waals surface area contributed by atoms with E-state index in [-0.39, 0.29) is 5.41 Å². The molecule has 0 saturated carbocycles. The summed E-state index contributed by atoms with van der Waals surface area (Å²) in [5.41, 5.74) is 4.35. The zero-order valence-corrected chi connectivity index (χ0v) is 16.4. The molecule has 25 heavy (non-hydrogen) atoms. The molecular weight excluding hydrogens is 306 g/mol. The number of ether oxygens (including phenoxy) is 1. The number of methoxy groups -OCH3 is 1. The number of quaternary nitrogens is 1. The number of benzene rings is 1. The van der Waals surface area contributed by atoms with Crippen LogP contribution in [0, 0.1) is 31.1 Å². The number of allylic oxidation sites excluding steroid dienone is 2. The molecule has 2 heteroatoms. The van der Waals surface area contributed by atoms with Crippen molar-refractivity contribution in [2.75, 3.05) is 27.2 Å². The van der Waals surface area contributed by atoms with Crippen LogP contribution in [0.1, 0.15) is 43.4 Å². The van der Waals surface area contributed by atoms with E-state index < -0.39 is 0 Å². The molecule has 1 aliphatic carbocycles. The van der Waals surface area contributed by atoms with E-state index in [1.54, 1.807) is 7.11 Å². The van der Waals surface area contributed by atoms with Gasteiger partial charge in [0.15, 0.2) is 0 Å². The Morgan fingerprint density at radius 1 is 1.36 bits per heavy atom. The summed E-state index contributed by atoms with van der Waals surface area (Å²) in [6.45, 7) is 9.89. The summed E-state index contributed by atoms with van der Waals surface area (Å²) in [6, 6.07) is 4.41. The summed E-state index contributed by atoms with van der Waals surface area (Å²) in [5.74, 6) is 5.19. The van der Waals surface area contributed by atoms with E-state index in [2.05, 4.69) is 58.0 Å². The molecule has 2 nitrogen and oxygen atoms in total. The molecule has 2 unspecified atom stereocenters. The Hall–Kier alpha value is -1.72. The van der Waals surface area contributed by atoms with Gasteiger partial charge in [-0.15, -0.1) is 6.42 Å². The smallest absolute Gasteiger partial charge is 0.140 e. The van der Waals surface area contributed by atoms with Crippen molar-refractivity contribution in [1.29, 1.82) is 0 Å². The Labute approximate surface area is 153 Å². The summed E-state index contributed by atoms with van der Waals surface area (Å²) >= 11 is 0. The van der Waals surface area contributed by atoms with E-state index in [1.165, 1.54) is 23.1 Å². The molecule has 0 amide bonds. The SMILES string of the molecule is C#CC[N+]1(C)CC[C@]2(C=CC(C)C[C@@H]2C)c2c(ccc(OC)c2C)C1. The maximum absolute atomic E-state index is 5.71. The standard InChI is InChI=1S/C23H32NO/c1-7-13-24(5)14-12-23(11-10-17(2)15-18(23)3)22-19(4)21(25-6)9-8-20(22)16-24/h1,8-11,17-18H,12-16H2,2-6H3/q+1/t17?,18-,23-,24?/m0/s1. The van der Waals surface area contributed by atoms with Gasteiger partial charge in [-0.1, -0.05) is 26.0 Å². The van der Waals surface area contributed by atoms with Crippen LogP contribution < -0.4 is 4.74 Å². The highest BCUT2D eigenvalue weighted by Gasteiger charge is 2.45. The molecule has 3 rings (SSSR count). The minimum Gasteiger partial charge on any atom is -0.496 e. The summed E-state index contributed by atoms with van der Waals surface area (Å²) in [6.07, 6.45) is 13.0. The molecule has 1 aromatic carbocycles. The predicted octanol–water partition coefficient (Wildman–Crippen LogP) is 4.46. The summed E-state index contributed by atoms with van der Waals surface area (Å²) in [5, 5.41) is 0. The molecular formula is C23H32NO+. The topological polar surface area (TPSA) is 9.23 Å². The van der Waals surface area contributed by atoms with Crippen LogP contribution in [0.5, 0.6) is 5.75 Å². The quantitative estimate of drug-likeness (QED) is 0.439. The van der Waals surface area contributed by atoms with E-state index in [9.17, 15) is 0 Å². The van der Waals surface area contributed by atoms with Crippen LogP contribution in [0.15, 0.2) is 24.3 Å². The first-order valence-corrected chi connectivity index (χ1v) is 9.48. The van der Waals surface area contributed by atoms with Gasteiger partial charge in [0.25, 0.3) is 0 Å². The Bertz CT molecular complexity index is 728. The lowest BCUT2D eigenvalue weighted by Gasteiger charge is -2.42. The monoisotopic (exact) mass is 338 g/mol. The lowest BCUT2D eigenvalue weighted by Crippen LogP contribution is -2.45. The van der Waals surface area contributed by atoms with Crippen molar-refractivity contribution >= 4 is 0 Å². The van der Waals surface area contributed by atoms with Gasteiger partial charge in [-0.2, -0.15) is 0 Å². The zero-order valence-electron chi connectivity index (χ0n) is 16.4. The minimum atomic E-state index is 0.102. The van der Waals surface area contributed by atoms with Crippen molar-refractivity contribution in [3.8, 4) is 18.1 Å². The largest absolute Gasteiger partial charge is 0.496 e. The Morgan fingerprint density at radius 3 is 2.76 bits per heavy atom. The molecule has 1 aromatic rings. The molecule has 1 aliphatic heterocycles. The van der Waals surface area contributed by atoms with Crippen molar-refractivity contribution < 1.29 is 9.22 Å². The van der Waals surface area contributed by atoms with Crippen LogP contribution in [0.4, 0.5) is 0 Å². The van der Waals surface area contributed by atoms with E-state index >= 15 is 0 Å². The highest BCUT2D eigenvalue weighted by molar-refractivity contribution is 5.51. The molecule has 1 spiro atoms. The molecule has 0 fully saturated rings.